The van der Waals surface area contributed by atoms with Crippen LogP contribution in [0, 0.1) is 0 Å². The molecule has 114 valence electrons. The van der Waals surface area contributed by atoms with Crippen molar-refractivity contribution in [1.29, 1.82) is 0 Å². The minimum Gasteiger partial charge on any atom is -0.331 e. The normalized spacial score (nSPS) is 11.4. The highest BCUT2D eigenvalue weighted by Crippen LogP contribution is 2.30. The molecule has 1 aromatic heterocycles. The summed E-state index contributed by atoms with van der Waals surface area (Å²) < 4.78 is 37.8. The SMILES string of the molecule is FC(F)(F)c1cccc(NC(=S)N/N=C/c2ccccn2)c1. The van der Waals surface area contributed by atoms with Gasteiger partial charge in [0.1, 0.15) is 0 Å². The second-order valence-electron chi connectivity index (χ2n) is 4.16. The standard InChI is InChI=1S/C14H11F3N4S/c15-14(16,17)10-4-3-6-11(8-10)20-13(22)21-19-9-12-5-1-2-7-18-12/h1-9H,(H2,20,21,22)/b19-9+. The number of nitrogens with one attached hydrogen (secondary N) is 2. The van der Waals surface area contributed by atoms with E-state index in [4.69, 9.17) is 12.2 Å². The summed E-state index contributed by atoms with van der Waals surface area (Å²) >= 11 is 4.95. The van der Waals surface area contributed by atoms with Gasteiger partial charge in [0.15, 0.2) is 5.11 Å². The first-order valence-corrected chi connectivity index (χ1v) is 6.54. The van der Waals surface area contributed by atoms with Crippen LogP contribution >= 0.6 is 12.2 Å². The molecule has 0 atom stereocenters. The quantitative estimate of drug-likeness (QED) is 0.516. The lowest BCUT2D eigenvalue weighted by Gasteiger charge is -2.10. The Morgan fingerprint density at radius 3 is 2.68 bits per heavy atom. The Hall–Kier alpha value is -2.48. The smallest absolute Gasteiger partial charge is 0.331 e. The highest BCUT2D eigenvalue weighted by atomic mass is 32.1. The molecule has 22 heavy (non-hydrogen) atoms. The lowest BCUT2D eigenvalue weighted by atomic mass is 10.2. The fraction of sp³-hybridized carbons (Fsp3) is 0.0714. The van der Waals surface area contributed by atoms with Crippen LogP contribution in [-0.4, -0.2) is 16.3 Å². The highest BCUT2D eigenvalue weighted by Gasteiger charge is 2.30. The zero-order valence-corrected chi connectivity index (χ0v) is 11.9. The van der Waals surface area contributed by atoms with E-state index in [9.17, 15) is 13.2 Å². The number of benzene rings is 1. The summed E-state index contributed by atoms with van der Waals surface area (Å²) in [7, 11) is 0. The summed E-state index contributed by atoms with van der Waals surface area (Å²) in [6.45, 7) is 0. The highest BCUT2D eigenvalue weighted by molar-refractivity contribution is 7.80. The molecule has 8 heteroatoms. The van der Waals surface area contributed by atoms with Gasteiger partial charge in [0.05, 0.1) is 17.5 Å². The van der Waals surface area contributed by atoms with Crippen LogP contribution < -0.4 is 10.7 Å². The summed E-state index contributed by atoms with van der Waals surface area (Å²) in [5, 5.41) is 6.55. The molecular weight excluding hydrogens is 313 g/mol. The lowest BCUT2D eigenvalue weighted by Crippen LogP contribution is -2.24. The molecule has 1 heterocycles. The van der Waals surface area contributed by atoms with Gasteiger partial charge in [-0.15, -0.1) is 0 Å². The number of anilines is 1. The van der Waals surface area contributed by atoms with Gasteiger partial charge >= 0.3 is 6.18 Å². The van der Waals surface area contributed by atoms with Crippen molar-refractivity contribution in [3.63, 3.8) is 0 Å². The van der Waals surface area contributed by atoms with Crippen molar-refractivity contribution in [2.45, 2.75) is 6.18 Å². The molecular formula is C14H11F3N4S. The third-order valence-corrected chi connectivity index (χ3v) is 2.69. The molecule has 0 radical (unpaired) electrons. The number of thiocarbonyl (C=S) groups is 1. The third kappa shape index (κ3) is 4.81. The Labute approximate surface area is 130 Å². The van der Waals surface area contributed by atoms with Crippen LogP contribution in [-0.2, 0) is 6.18 Å². The van der Waals surface area contributed by atoms with Crippen LogP contribution in [0.3, 0.4) is 0 Å². The van der Waals surface area contributed by atoms with Crippen LogP contribution in [0.25, 0.3) is 0 Å². The second-order valence-corrected chi connectivity index (χ2v) is 4.57. The minimum absolute atomic E-state index is 0.0755. The Balaban J connectivity index is 1.94. The summed E-state index contributed by atoms with van der Waals surface area (Å²) in [6.07, 6.45) is -1.34. The lowest BCUT2D eigenvalue weighted by molar-refractivity contribution is -0.137. The first-order valence-electron chi connectivity index (χ1n) is 6.13. The molecule has 0 aliphatic carbocycles. The Kier molecular flexibility index (Phi) is 5.05. The molecule has 0 unspecified atom stereocenters. The van der Waals surface area contributed by atoms with E-state index in [1.807, 2.05) is 0 Å². The van der Waals surface area contributed by atoms with E-state index in [2.05, 4.69) is 20.8 Å². The van der Waals surface area contributed by atoms with Crippen molar-refractivity contribution in [3.05, 3.63) is 59.9 Å². The molecule has 0 aliphatic rings. The number of hydrogen-bond donors (Lipinski definition) is 2. The molecule has 2 N–H and O–H groups in total. The number of nitrogens with zero attached hydrogens (tertiary/aromatic N) is 2. The maximum atomic E-state index is 12.6. The van der Waals surface area contributed by atoms with E-state index in [-0.39, 0.29) is 10.8 Å². The third-order valence-electron chi connectivity index (χ3n) is 2.50. The van der Waals surface area contributed by atoms with Crippen LogP contribution in [0.5, 0.6) is 0 Å². The van der Waals surface area contributed by atoms with E-state index in [0.717, 1.165) is 12.1 Å². The van der Waals surface area contributed by atoms with Crippen molar-refractivity contribution in [2.24, 2.45) is 5.10 Å². The molecule has 4 nitrogen and oxygen atoms in total. The van der Waals surface area contributed by atoms with E-state index in [0.29, 0.717) is 5.69 Å². The van der Waals surface area contributed by atoms with E-state index in [1.54, 1.807) is 24.4 Å². The average Bonchev–Trinajstić information content (AvgIpc) is 2.48. The molecule has 0 fully saturated rings. The fourth-order valence-corrected chi connectivity index (χ4v) is 1.71. The molecule has 2 aromatic rings. The van der Waals surface area contributed by atoms with Gasteiger partial charge in [-0.2, -0.15) is 18.3 Å². The average molecular weight is 324 g/mol. The Morgan fingerprint density at radius 2 is 2.00 bits per heavy atom. The van der Waals surface area contributed by atoms with Crippen LogP contribution in [0.4, 0.5) is 18.9 Å². The summed E-state index contributed by atoms with van der Waals surface area (Å²) in [4.78, 5) is 4.02. The summed E-state index contributed by atoms with van der Waals surface area (Å²) in [5.74, 6) is 0. The van der Waals surface area contributed by atoms with Crippen molar-refractivity contribution >= 4 is 29.2 Å². The van der Waals surface area contributed by atoms with Crippen molar-refractivity contribution in [2.75, 3.05) is 5.32 Å². The number of aromatic nitrogens is 1. The van der Waals surface area contributed by atoms with Crippen molar-refractivity contribution in [3.8, 4) is 0 Å². The number of halogens is 3. The van der Waals surface area contributed by atoms with Gasteiger partial charge in [0.2, 0.25) is 0 Å². The largest absolute Gasteiger partial charge is 0.416 e. The van der Waals surface area contributed by atoms with Gasteiger partial charge in [-0.05, 0) is 42.5 Å². The molecule has 0 saturated heterocycles. The van der Waals surface area contributed by atoms with Crippen molar-refractivity contribution in [1.82, 2.24) is 10.4 Å². The number of rotatable bonds is 3. The van der Waals surface area contributed by atoms with Crippen LogP contribution in [0.15, 0.2) is 53.8 Å². The second kappa shape index (κ2) is 6.99. The molecule has 2 rings (SSSR count). The monoisotopic (exact) mass is 324 g/mol. The molecule has 1 aromatic carbocycles. The Bertz CT molecular complexity index is 671. The van der Waals surface area contributed by atoms with Gasteiger partial charge in [-0.1, -0.05) is 12.1 Å². The molecule has 0 saturated carbocycles. The molecule has 0 spiro atoms. The van der Waals surface area contributed by atoms with E-state index in [1.165, 1.54) is 18.3 Å². The maximum Gasteiger partial charge on any atom is 0.416 e. The zero-order valence-electron chi connectivity index (χ0n) is 11.1. The minimum atomic E-state index is -4.40. The van der Waals surface area contributed by atoms with Gasteiger partial charge in [-0.25, -0.2) is 0 Å². The topological polar surface area (TPSA) is 49.3 Å². The summed E-state index contributed by atoms with van der Waals surface area (Å²) in [5.41, 5.74) is 2.60. The number of pyridine rings is 1. The van der Waals surface area contributed by atoms with Gasteiger partial charge in [0.25, 0.3) is 0 Å². The maximum absolute atomic E-state index is 12.6. The van der Waals surface area contributed by atoms with Gasteiger partial charge in [0, 0.05) is 11.9 Å². The number of hydrazone groups is 1. The zero-order chi connectivity index (χ0) is 16.0. The Morgan fingerprint density at radius 1 is 1.18 bits per heavy atom. The van der Waals surface area contributed by atoms with Crippen LogP contribution in [0.2, 0.25) is 0 Å². The number of hydrogen-bond acceptors (Lipinski definition) is 3. The summed E-state index contributed by atoms with van der Waals surface area (Å²) in [6, 6.07) is 10.0. The number of alkyl halides is 3. The molecule has 0 amide bonds. The van der Waals surface area contributed by atoms with Crippen LogP contribution in [0.1, 0.15) is 11.3 Å². The fourth-order valence-electron chi connectivity index (χ4n) is 1.54. The van der Waals surface area contributed by atoms with E-state index >= 15 is 0 Å². The first-order chi connectivity index (χ1) is 10.4. The predicted molar refractivity (Wildman–Crippen MR) is 82.6 cm³/mol. The van der Waals surface area contributed by atoms with Crippen molar-refractivity contribution < 1.29 is 13.2 Å². The van der Waals surface area contributed by atoms with E-state index < -0.39 is 11.7 Å². The van der Waals surface area contributed by atoms with Gasteiger partial charge in [-0.3, -0.25) is 10.4 Å². The first kappa shape index (κ1) is 15.9. The molecule has 0 bridgehead atoms. The predicted octanol–water partition coefficient (Wildman–Crippen LogP) is 3.42. The van der Waals surface area contributed by atoms with Gasteiger partial charge < -0.3 is 5.32 Å². The molecule has 0 aliphatic heterocycles.